The van der Waals surface area contributed by atoms with Gasteiger partial charge in [-0.15, -0.1) is 0 Å². The first kappa shape index (κ1) is 15.2. The zero-order valence-electron chi connectivity index (χ0n) is 11.3. The van der Waals surface area contributed by atoms with Gasteiger partial charge in [0.25, 0.3) is 0 Å². The predicted octanol–water partition coefficient (Wildman–Crippen LogP) is 1.07. The van der Waals surface area contributed by atoms with Gasteiger partial charge in [-0.1, -0.05) is 0 Å². The molecule has 0 aromatic heterocycles. The Balaban J connectivity index is 1.71. The van der Waals surface area contributed by atoms with Crippen molar-refractivity contribution in [3.63, 3.8) is 0 Å². The summed E-state index contributed by atoms with van der Waals surface area (Å²) in [6, 6.07) is 6.27. The van der Waals surface area contributed by atoms with E-state index in [0.717, 1.165) is 12.5 Å². The fourth-order valence-electron chi connectivity index (χ4n) is 1.73. The summed E-state index contributed by atoms with van der Waals surface area (Å²) in [6.07, 6.45) is 3.20. The summed E-state index contributed by atoms with van der Waals surface area (Å²) in [5.41, 5.74) is 3.12. The third kappa shape index (κ3) is 4.75. The lowest BCUT2D eigenvalue weighted by atomic mass is 10.3. The van der Waals surface area contributed by atoms with Gasteiger partial charge in [-0.05, 0) is 49.4 Å². The van der Waals surface area contributed by atoms with E-state index in [0.29, 0.717) is 25.3 Å². The molecule has 0 amide bonds. The van der Waals surface area contributed by atoms with Crippen molar-refractivity contribution in [1.29, 1.82) is 0 Å². The molecule has 6 nitrogen and oxygen atoms in total. The maximum atomic E-state index is 12.0. The van der Waals surface area contributed by atoms with Gasteiger partial charge in [-0.2, -0.15) is 0 Å². The number of rotatable bonds is 9. The van der Waals surface area contributed by atoms with Crippen LogP contribution in [0.15, 0.2) is 29.2 Å². The van der Waals surface area contributed by atoms with Crippen molar-refractivity contribution in [2.45, 2.75) is 24.2 Å². The summed E-state index contributed by atoms with van der Waals surface area (Å²) < 4.78 is 32.0. The zero-order valence-corrected chi connectivity index (χ0v) is 12.2. The highest BCUT2D eigenvalue weighted by atomic mass is 32.2. The van der Waals surface area contributed by atoms with Crippen LogP contribution in [0.4, 0.5) is 5.69 Å². The second-order valence-corrected chi connectivity index (χ2v) is 6.71. The van der Waals surface area contributed by atoms with Crippen molar-refractivity contribution < 1.29 is 13.2 Å². The minimum atomic E-state index is -3.45. The number of hydrogen-bond acceptors (Lipinski definition) is 5. The Labute approximate surface area is 119 Å². The summed E-state index contributed by atoms with van der Waals surface area (Å²) in [4.78, 5) is 0.232. The molecule has 2 rings (SSSR count). The van der Waals surface area contributed by atoms with Crippen LogP contribution < -0.4 is 16.0 Å². The fraction of sp³-hybridized carbons (Fsp3) is 0.538. The van der Waals surface area contributed by atoms with Crippen molar-refractivity contribution in [3.8, 4) is 0 Å². The third-order valence-corrected chi connectivity index (χ3v) is 4.62. The van der Waals surface area contributed by atoms with E-state index in [1.54, 1.807) is 12.1 Å². The number of hydrogen-bond donors (Lipinski definition) is 3. The van der Waals surface area contributed by atoms with Crippen LogP contribution in [-0.2, 0) is 14.8 Å². The van der Waals surface area contributed by atoms with E-state index in [9.17, 15) is 8.42 Å². The Hall–Kier alpha value is -1.15. The molecular weight excluding hydrogens is 278 g/mol. The van der Waals surface area contributed by atoms with Crippen molar-refractivity contribution in [1.82, 2.24) is 4.72 Å². The molecule has 0 saturated heterocycles. The number of nitrogen functional groups attached to an aromatic ring is 1. The zero-order chi connectivity index (χ0) is 14.4. The van der Waals surface area contributed by atoms with Crippen molar-refractivity contribution >= 4 is 15.7 Å². The minimum Gasteiger partial charge on any atom is -0.381 e. The molecule has 1 saturated carbocycles. The average Bonchev–Trinajstić information content (AvgIpc) is 3.27. The first-order valence-electron chi connectivity index (χ1n) is 6.76. The van der Waals surface area contributed by atoms with Crippen molar-refractivity contribution in [2.75, 3.05) is 25.2 Å². The van der Waals surface area contributed by atoms with Crippen molar-refractivity contribution in [2.24, 2.45) is 11.8 Å². The van der Waals surface area contributed by atoms with E-state index in [1.807, 2.05) is 0 Å². The van der Waals surface area contributed by atoms with Gasteiger partial charge in [-0.25, -0.2) is 13.1 Å². The molecule has 0 unspecified atom stereocenters. The quantitative estimate of drug-likeness (QED) is 0.360. The molecule has 1 fully saturated rings. The van der Waals surface area contributed by atoms with Crippen LogP contribution in [0.25, 0.3) is 0 Å². The maximum absolute atomic E-state index is 12.0. The Bertz CT molecular complexity index is 512. The summed E-state index contributed by atoms with van der Waals surface area (Å²) in [5.74, 6) is 5.97. The molecule has 0 atom stereocenters. The number of benzene rings is 1. The lowest BCUT2D eigenvalue weighted by Gasteiger charge is -2.08. The molecular formula is C13H21N3O3S. The molecule has 0 heterocycles. The molecule has 4 N–H and O–H groups in total. The Morgan fingerprint density at radius 1 is 1.25 bits per heavy atom. The molecule has 7 heteroatoms. The largest absolute Gasteiger partial charge is 0.381 e. The molecule has 1 aromatic rings. The first-order chi connectivity index (χ1) is 9.62. The van der Waals surface area contributed by atoms with Crippen LogP contribution in [0.5, 0.6) is 0 Å². The van der Waals surface area contributed by atoms with Gasteiger partial charge in [0, 0.05) is 25.4 Å². The van der Waals surface area contributed by atoms with Gasteiger partial charge in [0.15, 0.2) is 0 Å². The molecule has 112 valence electrons. The highest BCUT2D eigenvalue weighted by Gasteiger charge is 2.20. The van der Waals surface area contributed by atoms with E-state index in [1.165, 1.54) is 25.0 Å². The second kappa shape index (κ2) is 7.03. The normalized spacial score (nSPS) is 15.2. The Morgan fingerprint density at radius 2 is 1.95 bits per heavy atom. The summed E-state index contributed by atoms with van der Waals surface area (Å²) in [6.45, 7) is 1.78. The number of nitrogens with two attached hydrogens (primary N) is 1. The molecule has 1 aliphatic carbocycles. The van der Waals surface area contributed by atoms with Gasteiger partial charge in [0.05, 0.1) is 4.90 Å². The van der Waals surface area contributed by atoms with Gasteiger partial charge in [-0.3, -0.25) is 5.84 Å². The highest BCUT2D eigenvalue weighted by molar-refractivity contribution is 7.89. The van der Waals surface area contributed by atoms with Gasteiger partial charge >= 0.3 is 0 Å². The number of nitrogens with one attached hydrogen (secondary N) is 2. The molecule has 0 spiro atoms. The topological polar surface area (TPSA) is 93.5 Å². The van der Waals surface area contributed by atoms with Crippen molar-refractivity contribution in [3.05, 3.63) is 24.3 Å². The molecule has 1 aromatic carbocycles. The molecule has 0 radical (unpaired) electrons. The van der Waals surface area contributed by atoms with Crippen LogP contribution in [0.1, 0.15) is 19.3 Å². The van der Waals surface area contributed by atoms with Gasteiger partial charge < -0.3 is 10.2 Å². The Kier molecular flexibility index (Phi) is 5.36. The number of anilines is 1. The van der Waals surface area contributed by atoms with Crippen LogP contribution in [0.2, 0.25) is 0 Å². The van der Waals surface area contributed by atoms with E-state index in [4.69, 9.17) is 10.6 Å². The Morgan fingerprint density at radius 3 is 2.55 bits per heavy atom. The van der Waals surface area contributed by atoms with E-state index < -0.39 is 10.0 Å². The third-order valence-electron chi connectivity index (χ3n) is 3.14. The molecule has 0 bridgehead atoms. The predicted molar refractivity (Wildman–Crippen MR) is 77.6 cm³/mol. The monoisotopic (exact) mass is 299 g/mol. The second-order valence-electron chi connectivity index (χ2n) is 4.94. The molecule has 0 aliphatic heterocycles. The van der Waals surface area contributed by atoms with Crippen LogP contribution in [0, 0.1) is 5.92 Å². The van der Waals surface area contributed by atoms with Crippen LogP contribution in [0.3, 0.4) is 0 Å². The lowest BCUT2D eigenvalue weighted by molar-refractivity contribution is 0.123. The molecule has 20 heavy (non-hydrogen) atoms. The number of hydrazine groups is 1. The summed E-state index contributed by atoms with van der Waals surface area (Å²) in [7, 11) is -3.45. The standard InChI is InChI=1S/C13H21N3O3S/c14-16-12-4-6-13(7-5-12)20(17,18)15-8-1-9-19-10-11-2-3-11/h4-7,11,15-16H,1-3,8-10,14H2. The first-order valence-corrected chi connectivity index (χ1v) is 8.24. The van der Waals surface area contributed by atoms with Crippen LogP contribution in [-0.4, -0.2) is 28.2 Å². The fourth-order valence-corrected chi connectivity index (χ4v) is 2.80. The summed E-state index contributed by atoms with van der Waals surface area (Å²) in [5, 5.41) is 0. The number of sulfonamides is 1. The summed E-state index contributed by atoms with van der Waals surface area (Å²) >= 11 is 0. The maximum Gasteiger partial charge on any atom is 0.240 e. The van der Waals surface area contributed by atoms with Crippen LogP contribution >= 0.6 is 0 Å². The minimum absolute atomic E-state index is 0.232. The smallest absolute Gasteiger partial charge is 0.240 e. The molecule has 1 aliphatic rings. The van der Waals surface area contributed by atoms with Gasteiger partial charge in [0.2, 0.25) is 10.0 Å². The van der Waals surface area contributed by atoms with E-state index >= 15 is 0 Å². The number of ether oxygens (including phenoxy) is 1. The van der Waals surface area contributed by atoms with E-state index in [-0.39, 0.29) is 4.90 Å². The SMILES string of the molecule is NNc1ccc(S(=O)(=O)NCCCOCC2CC2)cc1. The lowest BCUT2D eigenvalue weighted by Crippen LogP contribution is -2.25. The van der Waals surface area contributed by atoms with Gasteiger partial charge in [0.1, 0.15) is 0 Å². The average molecular weight is 299 g/mol. The highest BCUT2D eigenvalue weighted by Crippen LogP contribution is 2.28. The van der Waals surface area contributed by atoms with E-state index in [2.05, 4.69) is 10.1 Å².